The van der Waals surface area contributed by atoms with Crippen molar-refractivity contribution >= 4 is 12.0 Å². The van der Waals surface area contributed by atoms with E-state index >= 15 is 0 Å². The normalized spacial score (nSPS) is 20.7. The van der Waals surface area contributed by atoms with Crippen LogP contribution in [-0.4, -0.2) is 53.6 Å². The van der Waals surface area contributed by atoms with Gasteiger partial charge in [-0.05, 0) is 46.5 Å². The Balaban J connectivity index is 1.79. The summed E-state index contributed by atoms with van der Waals surface area (Å²) in [5.41, 5.74) is -0.452. The number of ether oxygens (including phenoxy) is 1. The largest absolute Gasteiger partial charge is 0.444 e. The lowest BCUT2D eigenvalue weighted by Gasteiger charge is -2.37. The van der Waals surface area contributed by atoms with Gasteiger partial charge in [0.15, 0.2) is 0 Å². The molecule has 2 amide bonds. The van der Waals surface area contributed by atoms with Crippen LogP contribution in [0.15, 0.2) is 0 Å². The molecular formula is C15H26N2O3. The minimum Gasteiger partial charge on any atom is -0.444 e. The average molecular weight is 282 g/mol. The van der Waals surface area contributed by atoms with Crippen LogP contribution in [0.3, 0.4) is 0 Å². The molecule has 1 saturated carbocycles. The fourth-order valence-corrected chi connectivity index (χ4v) is 2.56. The van der Waals surface area contributed by atoms with E-state index in [-0.39, 0.29) is 24.0 Å². The van der Waals surface area contributed by atoms with Crippen LogP contribution in [-0.2, 0) is 9.53 Å². The maximum Gasteiger partial charge on any atom is 0.410 e. The summed E-state index contributed by atoms with van der Waals surface area (Å²) in [5.74, 6) is 0.546. The van der Waals surface area contributed by atoms with Crippen LogP contribution in [0.25, 0.3) is 0 Å². The van der Waals surface area contributed by atoms with Gasteiger partial charge in [0, 0.05) is 32.1 Å². The molecule has 0 unspecified atom stereocenters. The number of hydrogen-bond donors (Lipinski definition) is 0. The van der Waals surface area contributed by atoms with E-state index < -0.39 is 5.60 Å². The van der Waals surface area contributed by atoms with E-state index in [1.54, 1.807) is 4.90 Å². The summed E-state index contributed by atoms with van der Waals surface area (Å²) in [5, 5.41) is 0. The highest BCUT2D eigenvalue weighted by Gasteiger charge is 2.36. The fraction of sp³-hybridized carbons (Fsp3) is 0.867. The third-order valence-electron chi connectivity index (χ3n) is 3.94. The Hall–Kier alpha value is -1.26. The van der Waals surface area contributed by atoms with Gasteiger partial charge in [-0.25, -0.2) is 4.79 Å². The summed E-state index contributed by atoms with van der Waals surface area (Å²) in [6.45, 7) is 6.96. The van der Waals surface area contributed by atoms with Crippen LogP contribution < -0.4 is 0 Å². The number of carbonyl (C=O) groups is 2. The molecular weight excluding hydrogens is 256 g/mol. The fourth-order valence-electron chi connectivity index (χ4n) is 2.56. The molecule has 0 atom stereocenters. The first-order chi connectivity index (χ1) is 9.28. The number of piperidine rings is 1. The minimum atomic E-state index is -0.452. The molecule has 0 aromatic rings. The molecule has 5 heteroatoms. The van der Waals surface area contributed by atoms with Gasteiger partial charge in [0.25, 0.3) is 0 Å². The summed E-state index contributed by atoms with van der Waals surface area (Å²) < 4.78 is 5.38. The Morgan fingerprint density at radius 3 is 2.10 bits per heavy atom. The van der Waals surface area contributed by atoms with Crippen molar-refractivity contribution in [3.63, 3.8) is 0 Å². The van der Waals surface area contributed by atoms with Crippen molar-refractivity contribution in [2.24, 2.45) is 5.92 Å². The van der Waals surface area contributed by atoms with Crippen molar-refractivity contribution in [3.8, 4) is 0 Å². The van der Waals surface area contributed by atoms with Crippen LogP contribution in [0.5, 0.6) is 0 Å². The molecule has 0 radical (unpaired) electrons. The van der Waals surface area contributed by atoms with E-state index in [0.29, 0.717) is 13.1 Å². The van der Waals surface area contributed by atoms with Crippen LogP contribution in [0.4, 0.5) is 4.79 Å². The quantitative estimate of drug-likeness (QED) is 0.780. The van der Waals surface area contributed by atoms with E-state index in [9.17, 15) is 9.59 Å². The smallest absolute Gasteiger partial charge is 0.410 e. The van der Waals surface area contributed by atoms with E-state index in [1.807, 2.05) is 32.7 Å². The first-order valence-corrected chi connectivity index (χ1v) is 7.52. The zero-order valence-corrected chi connectivity index (χ0v) is 13.0. The number of likely N-dealkylation sites (tertiary alicyclic amines) is 1. The number of hydrogen-bond acceptors (Lipinski definition) is 3. The molecule has 0 bridgehead atoms. The first-order valence-electron chi connectivity index (χ1n) is 7.52. The monoisotopic (exact) mass is 282 g/mol. The Kier molecular flexibility index (Phi) is 4.25. The van der Waals surface area contributed by atoms with Gasteiger partial charge in [-0.2, -0.15) is 0 Å². The lowest BCUT2D eigenvalue weighted by atomic mass is 10.0. The van der Waals surface area contributed by atoms with Crippen LogP contribution in [0.1, 0.15) is 46.5 Å². The van der Waals surface area contributed by atoms with Crippen molar-refractivity contribution in [2.45, 2.75) is 58.1 Å². The standard InChI is InChI=1S/C15H26N2O3/c1-15(2,3)20-14(19)17-9-7-12(8-10-17)16(4)13(18)11-5-6-11/h11-12H,5-10H2,1-4H3. The predicted molar refractivity (Wildman–Crippen MR) is 76.3 cm³/mol. The highest BCUT2D eigenvalue weighted by Crippen LogP contribution is 2.32. The lowest BCUT2D eigenvalue weighted by molar-refractivity contribution is -0.134. The Bertz CT molecular complexity index is 377. The SMILES string of the molecule is CN(C(=O)C1CC1)C1CCN(C(=O)OC(C)(C)C)CC1. The van der Waals surface area contributed by atoms with Gasteiger partial charge in [0.2, 0.25) is 5.91 Å². The number of nitrogens with zero attached hydrogens (tertiary/aromatic N) is 2. The molecule has 1 heterocycles. The van der Waals surface area contributed by atoms with Crippen molar-refractivity contribution in [2.75, 3.05) is 20.1 Å². The summed E-state index contributed by atoms with van der Waals surface area (Å²) in [6, 6.07) is 0.266. The second-order valence-corrected chi connectivity index (χ2v) is 6.92. The molecule has 1 aliphatic carbocycles. The van der Waals surface area contributed by atoms with Gasteiger partial charge in [-0.1, -0.05) is 0 Å². The summed E-state index contributed by atoms with van der Waals surface area (Å²) in [4.78, 5) is 27.6. The van der Waals surface area contributed by atoms with Crippen molar-refractivity contribution < 1.29 is 14.3 Å². The molecule has 2 aliphatic rings. The molecule has 2 rings (SSSR count). The van der Waals surface area contributed by atoms with E-state index in [2.05, 4.69) is 0 Å². The topological polar surface area (TPSA) is 49.9 Å². The number of carbonyl (C=O) groups excluding carboxylic acids is 2. The molecule has 0 aromatic carbocycles. The van der Waals surface area contributed by atoms with Crippen LogP contribution in [0, 0.1) is 5.92 Å². The zero-order chi connectivity index (χ0) is 14.9. The van der Waals surface area contributed by atoms with E-state index in [4.69, 9.17) is 4.74 Å². The van der Waals surface area contributed by atoms with Crippen molar-refractivity contribution in [1.29, 1.82) is 0 Å². The van der Waals surface area contributed by atoms with E-state index in [1.165, 1.54) is 0 Å². The third-order valence-corrected chi connectivity index (χ3v) is 3.94. The molecule has 20 heavy (non-hydrogen) atoms. The number of amides is 2. The second-order valence-electron chi connectivity index (χ2n) is 6.92. The van der Waals surface area contributed by atoms with Crippen LogP contribution >= 0.6 is 0 Å². The molecule has 1 saturated heterocycles. The maximum absolute atomic E-state index is 12.0. The molecule has 114 valence electrons. The maximum atomic E-state index is 12.0. The summed E-state index contributed by atoms with van der Waals surface area (Å²) >= 11 is 0. The Morgan fingerprint density at radius 2 is 1.65 bits per heavy atom. The van der Waals surface area contributed by atoms with E-state index in [0.717, 1.165) is 25.7 Å². The van der Waals surface area contributed by atoms with Gasteiger partial charge in [-0.3, -0.25) is 4.79 Å². The number of rotatable bonds is 2. The first kappa shape index (κ1) is 15.1. The average Bonchev–Trinajstić information content (AvgIpc) is 3.19. The minimum absolute atomic E-state index is 0.243. The van der Waals surface area contributed by atoms with Gasteiger partial charge in [-0.15, -0.1) is 0 Å². The zero-order valence-electron chi connectivity index (χ0n) is 13.0. The van der Waals surface area contributed by atoms with Gasteiger partial charge in [0.05, 0.1) is 0 Å². The lowest BCUT2D eigenvalue weighted by Crippen LogP contribution is -2.48. The van der Waals surface area contributed by atoms with Gasteiger partial charge >= 0.3 is 6.09 Å². The summed E-state index contributed by atoms with van der Waals surface area (Å²) in [7, 11) is 1.90. The van der Waals surface area contributed by atoms with Crippen molar-refractivity contribution in [1.82, 2.24) is 9.80 Å². The van der Waals surface area contributed by atoms with Crippen LogP contribution in [0.2, 0.25) is 0 Å². The molecule has 1 aliphatic heterocycles. The van der Waals surface area contributed by atoms with Gasteiger partial charge in [0.1, 0.15) is 5.60 Å². The highest BCUT2D eigenvalue weighted by molar-refractivity contribution is 5.81. The Labute approximate surface area is 121 Å². The molecule has 2 fully saturated rings. The van der Waals surface area contributed by atoms with Gasteiger partial charge < -0.3 is 14.5 Å². The highest BCUT2D eigenvalue weighted by atomic mass is 16.6. The molecule has 0 aromatic heterocycles. The third kappa shape index (κ3) is 3.87. The molecule has 5 nitrogen and oxygen atoms in total. The Morgan fingerprint density at radius 1 is 1.10 bits per heavy atom. The summed E-state index contributed by atoms with van der Waals surface area (Å²) in [6.07, 6.45) is 3.52. The second kappa shape index (κ2) is 5.62. The molecule has 0 spiro atoms. The predicted octanol–water partition coefficient (Wildman–Crippen LogP) is 2.25. The molecule has 0 N–H and O–H groups in total. The van der Waals surface area contributed by atoms with Crippen molar-refractivity contribution in [3.05, 3.63) is 0 Å².